The lowest BCUT2D eigenvalue weighted by Gasteiger charge is -2.18. The Morgan fingerprint density at radius 3 is 2.80 bits per heavy atom. The largest absolute Gasteiger partial charge is 0.399 e. The van der Waals surface area contributed by atoms with Gasteiger partial charge < -0.3 is 10.6 Å². The van der Waals surface area contributed by atoms with E-state index in [9.17, 15) is 4.79 Å². The number of benzene rings is 2. The van der Waals surface area contributed by atoms with Crippen LogP contribution in [-0.4, -0.2) is 12.5 Å². The fraction of sp³-hybridized carbons (Fsp3) is 0.133. The third-order valence-corrected chi connectivity index (χ3v) is 4.21. The molecule has 0 unspecified atom stereocenters. The van der Waals surface area contributed by atoms with Crippen molar-refractivity contribution < 1.29 is 4.79 Å². The van der Waals surface area contributed by atoms with Crippen molar-refractivity contribution in [2.75, 3.05) is 17.2 Å². The summed E-state index contributed by atoms with van der Waals surface area (Å²) in [6.45, 7) is 0.657. The van der Waals surface area contributed by atoms with Crippen molar-refractivity contribution >= 4 is 44.8 Å². The summed E-state index contributed by atoms with van der Waals surface area (Å²) in [6.07, 6.45) is 0.820. The van der Waals surface area contributed by atoms with Crippen LogP contribution in [0, 0.1) is 0 Å². The molecule has 0 atom stereocenters. The molecule has 1 aliphatic heterocycles. The first-order valence-electron chi connectivity index (χ1n) is 6.21. The Bertz CT molecular complexity index is 702. The number of hydrogen-bond acceptors (Lipinski definition) is 2. The van der Waals surface area contributed by atoms with Crippen LogP contribution in [-0.2, 0) is 6.42 Å². The highest BCUT2D eigenvalue weighted by Gasteiger charge is 2.26. The minimum absolute atomic E-state index is 0.0778. The molecule has 3 nitrogen and oxygen atoms in total. The molecule has 0 radical (unpaired) electrons. The Balaban J connectivity index is 1.97. The molecule has 2 aromatic rings. The maximum Gasteiger partial charge on any atom is 0.259 e. The summed E-state index contributed by atoms with van der Waals surface area (Å²) in [5.74, 6) is -0.0778. The third-order valence-electron chi connectivity index (χ3n) is 3.41. The van der Waals surface area contributed by atoms with Gasteiger partial charge in [-0.15, -0.1) is 0 Å². The lowest BCUT2D eigenvalue weighted by Crippen LogP contribution is -2.29. The summed E-state index contributed by atoms with van der Waals surface area (Å²) in [7, 11) is 0. The molecular weight excluding hydrogens is 340 g/mol. The van der Waals surface area contributed by atoms with Gasteiger partial charge >= 0.3 is 0 Å². The van der Waals surface area contributed by atoms with Gasteiger partial charge in [-0.25, -0.2) is 0 Å². The molecule has 20 heavy (non-hydrogen) atoms. The van der Waals surface area contributed by atoms with Gasteiger partial charge in [0.15, 0.2) is 0 Å². The summed E-state index contributed by atoms with van der Waals surface area (Å²) >= 11 is 9.50. The molecule has 0 fully saturated rings. The summed E-state index contributed by atoms with van der Waals surface area (Å²) in [4.78, 5) is 14.4. The second-order valence-electron chi connectivity index (χ2n) is 4.72. The molecule has 1 amide bonds. The first-order chi connectivity index (χ1) is 9.56. The smallest absolute Gasteiger partial charge is 0.259 e. The Hall–Kier alpha value is -1.52. The van der Waals surface area contributed by atoms with Crippen LogP contribution in [0.15, 0.2) is 40.9 Å². The molecule has 0 spiro atoms. The van der Waals surface area contributed by atoms with Crippen molar-refractivity contribution in [3.8, 4) is 0 Å². The zero-order valence-electron chi connectivity index (χ0n) is 10.6. The van der Waals surface area contributed by atoms with Crippen LogP contribution in [0.3, 0.4) is 0 Å². The number of rotatable bonds is 1. The van der Waals surface area contributed by atoms with Crippen LogP contribution in [0.1, 0.15) is 15.9 Å². The summed E-state index contributed by atoms with van der Waals surface area (Å²) in [6, 6.07) is 10.9. The van der Waals surface area contributed by atoms with E-state index in [1.54, 1.807) is 17.0 Å². The summed E-state index contributed by atoms with van der Waals surface area (Å²) in [5, 5.41) is 0.452. The van der Waals surface area contributed by atoms with Crippen LogP contribution >= 0.6 is 27.5 Å². The van der Waals surface area contributed by atoms with Crippen molar-refractivity contribution in [2.45, 2.75) is 6.42 Å². The number of hydrogen-bond donors (Lipinski definition) is 1. The molecule has 0 saturated heterocycles. The molecule has 1 heterocycles. The molecule has 0 bridgehead atoms. The van der Waals surface area contributed by atoms with Crippen LogP contribution in [0.5, 0.6) is 0 Å². The number of nitrogen functional groups attached to an aromatic ring is 1. The molecule has 2 aromatic carbocycles. The second-order valence-corrected chi connectivity index (χ2v) is 6.04. The zero-order valence-corrected chi connectivity index (χ0v) is 12.9. The fourth-order valence-corrected chi connectivity index (χ4v) is 3.20. The van der Waals surface area contributed by atoms with E-state index in [1.165, 1.54) is 0 Å². The van der Waals surface area contributed by atoms with Crippen molar-refractivity contribution in [3.05, 3.63) is 57.0 Å². The highest BCUT2D eigenvalue weighted by Crippen LogP contribution is 2.32. The van der Waals surface area contributed by atoms with Gasteiger partial charge in [0.25, 0.3) is 5.91 Å². The first-order valence-corrected chi connectivity index (χ1v) is 7.38. The fourth-order valence-electron chi connectivity index (χ4n) is 2.44. The topological polar surface area (TPSA) is 46.3 Å². The first kappa shape index (κ1) is 13.5. The maximum atomic E-state index is 12.6. The normalized spacial score (nSPS) is 13.4. The highest BCUT2D eigenvalue weighted by molar-refractivity contribution is 9.10. The van der Waals surface area contributed by atoms with E-state index in [2.05, 4.69) is 15.9 Å². The molecule has 0 aromatic heterocycles. The van der Waals surface area contributed by atoms with E-state index in [1.807, 2.05) is 24.3 Å². The van der Waals surface area contributed by atoms with E-state index in [4.69, 9.17) is 17.3 Å². The minimum atomic E-state index is -0.0778. The highest BCUT2D eigenvalue weighted by atomic mass is 79.9. The third kappa shape index (κ3) is 2.30. The predicted octanol–water partition coefficient (Wildman–Crippen LogP) is 3.89. The average molecular weight is 352 g/mol. The van der Waals surface area contributed by atoms with Crippen LogP contribution < -0.4 is 10.6 Å². The average Bonchev–Trinajstić information content (AvgIpc) is 2.80. The van der Waals surface area contributed by atoms with Gasteiger partial charge in [-0.1, -0.05) is 27.5 Å². The monoisotopic (exact) mass is 350 g/mol. The zero-order chi connectivity index (χ0) is 14.3. The van der Waals surface area contributed by atoms with Gasteiger partial charge in [0.05, 0.1) is 10.6 Å². The van der Waals surface area contributed by atoms with Crippen LogP contribution in [0.2, 0.25) is 5.02 Å². The number of carbonyl (C=O) groups excluding carboxylic acids is 1. The molecule has 3 rings (SSSR count). The van der Waals surface area contributed by atoms with Crippen molar-refractivity contribution in [1.82, 2.24) is 0 Å². The van der Waals surface area contributed by atoms with Crippen molar-refractivity contribution in [2.24, 2.45) is 0 Å². The SMILES string of the molecule is Nc1ccc2c(c1)CCN2C(=O)c1ccc(Br)cc1Cl. The van der Waals surface area contributed by atoms with Gasteiger partial charge in [0, 0.05) is 22.4 Å². The van der Waals surface area contributed by atoms with Gasteiger partial charge in [0.2, 0.25) is 0 Å². The van der Waals surface area contributed by atoms with Crippen LogP contribution in [0.4, 0.5) is 11.4 Å². The van der Waals surface area contributed by atoms with Crippen LogP contribution in [0.25, 0.3) is 0 Å². The maximum absolute atomic E-state index is 12.6. The summed E-state index contributed by atoms with van der Waals surface area (Å²) < 4.78 is 0.855. The standard InChI is InChI=1S/C15H12BrClN2O/c16-10-1-3-12(13(17)8-10)15(20)19-6-5-9-7-11(18)2-4-14(9)19/h1-4,7-8H,5-6,18H2. The van der Waals surface area contributed by atoms with E-state index in [0.717, 1.165) is 27.8 Å². The van der Waals surface area contributed by atoms with E-state index in [-0.39, 0.29) is 5.91 Å². The molecule has 0 saturated carbocycles. The molecule has 2 N–H and O–H groups in total. The van der Waals surface area contributed by atoms with Gasteiger partial charge in [-0.2, -0.15) is 0 Å². The van der Waals surface area contributed by atoms with Crippen molar-refractivity contribution in [3.63, 3.8) is 0 Å². The number of carbonyl (C=O) groups is 1. The number of amides is 1. The molecule has 1 aliphatic rings. The quantitative estimate of drug-likeness (QED) is 0.792. The lowest BCUT2D eigenvalue weighted by atomic mass is 10.1. The number of fused-ring (bicyclic) bond motifs is 1. The molecule has 0 aliphatic carbocycles. The number of nitrogens with zero attached hydrogens (tertiary/aromatic N) is 1. The Morgan fingerprint density at radius 2 is 2.05 bits per heavy atom. The number of nitrogens with two attached hydrogens (primary N) is 1. The van der Waals surface area contributed by atoms with Crippen molar-refractivity contribution in [1.29, 1.82) is 0 Å². The van der Waals surface area contributed by atoms with Gasteiger partial charge in [0.1, 0.15) is 0 Å². The van der Waals surface area contributed by atoms with E-state index < -0.39 is 0 Å². The second kappa shape index (κ2) is 5.11. The van der Waals surface area contributed by atoms with E-state index >= 15 is 0 Å². The predicted molar refractivity (Wildman–Crippen MR) is 85.4 cm³/mol. The molecule has 102 valence electrons. The molecular formula is C15H12BrClN2O. The summed E-state index contributed by atoms with van der Waals surface area (Å²) in [5.41, 5.74) is 9.03. The molecule has 5 heteroatoms. The number of halogens is 2. The Labute approximate surface area is 130 Å². The minimum Gasteiger partial charge on any atom is -0.399 e. The van der Waals surface area contributed by atoms with Gasteiger partial charge in [-0.3, -0.25) is 4.79 Å². The Kier molecular flexibility index (Phi) is 3.44. The lowest BCUT2D eigenvalue weighted by molar-refractivity contribution is 0.0989. The Morgan fingerprint density at radius 1 is 1.25 bits per heavy atom. The van der Waals surface area contributed by atoms with Gasteiger partial charge in [-0.05, 0) is 48.4 Å². The number of anilines is 2. The van der Waals surface area contributed by atoms with E-state index in [0.29, 0.717) is 17.1 Å².